The number of hydrogen-bond donors (Lipinski definition) is 0. The Bertz CT molecular complexity index is 131. The molecule has 3 atom stereocenters. The van der Waals surface area contributed by atoms with Crippen LogP contribution >= 0.6 is 0 Å². The molecule has 2 aliphatic carbocycles. The van der Waals surface area contributed by atoms with Crippen LogP contribution < -0.4 is 0 Å². The molecule has 0 aromatic rings. The molecule has 2 rings (SSSR count). The molecule has 2 saturated carbocycles. The van der Waals surface area contributed by atoms with E-state index in [2.05, 4.69) is 6.92 Å². The van der Waals surface area contributed by atoms with Gasteiger partial charge in [0.2, 0.25) is 0 Å². The van der Waals surface area contributed by atoms with Gasteiger partial charge in [-0.1, -0.05) is 50.9 Å². The van der Waals surface area contributed by atoms with Gasteiger partial charge < -0.3 is 6.92 Å². The molecular formula is C11H19U-. The van der Waals surface area contributed by atoms with Crippen molar-refractivity contribution in [2.45, 2.75) is 44.9 Å². The number of rotatable bonds is 0. The average Bonchev–Trinajstić information content (AvgIpc) is 2.06. The van der Waals surface area contributed by atoms with E-state index in [9.17, 15) is 0 Å². The van der Waals surface area contributed by atoms with E-state index in [1.54, 1.807) is 0 Å². The van der Waals surface area contributed by atoms with Gasteiger partial charge in [-0.05, 0) is 5.92 Å². The van der Waals surface area contributed by atoms with Crippen LogP contribution in [-0.4, -0.2) is 0 Å². The van der Waals surface area contributed by atoms with E-state index in [4.69, 9.17) is 0 Å². The Morgan fingerprint density at radius 1 is 0.833 bits per heavy atom. The molecule has 0 saturated heterocycles. The minimum absolute atomic E-state index is 0. The van der Waals surface area contributed by atoms with E-state index >= 15 is 0 Å². The molecule has 0 aliphatic heterocycles. The van der Waals surface area contributed by atoms with Gasteiger partial charge >= 0.3 is 0 Å². The maximum atomic E-state index is 4.28. The molecule has 0 amide bonds. The van der Waals surface area contributed by atoms with Crippen LogP contribution in [0.3, 0.4) is 0 Å². The van der Waals surface area contributed by atoms with Gasteiger partial charge in [0.05, 0.1) is 0 Å². The topological polar surface area (TPSA) is 0 Å². The monoisotopic (exact) mass is 389 g/mol. The summed E-state index contributed by atoms with van der Waals surface area (Å²) in [5.41, 5.74) is 0. The fourth-order valence-corrected chi connectivity index (χ4v) is 3.07. The van der Waals surface area contributed by atoms with Gasteiger partial charge in [0.1, 0.15) is 0 Å². The van der Waals surface area contributed by atoms with Crippen LogP contribution in [0.25, 0.3) is 0 Å². The first-order valence-corrected chi connectivity index (χ1v) is 5.21. The van der Waals surface area contributed by atoms with Gasteiger partial charge in [-0.25, -0.2) is 0 Å². The third-order valence-electron chi connectivity index (χ3n) is 3.72. The second-order valence-electron chi connectivity index (χ2n) is 4.40. The summed E-state index contributed by atoms with van der Waals surface area (Å²) in [7, 11) is 0. The van der Waals surface area contributed by atoms with Crippen molar-refractivity contribution in [3.05, 3.63) is 6.92 Å². The Kier molecular flexibility index (Phi) is 4.70. The fraction of sp³-hybridized carbons (Fsp3) is 0.909. The van der Waals surface area contributed by atoms with Gasteiger partial charge in [0.25, 0.3) is 0 Å². The predicted octanol–water partition coefficient (Wildman–Crippen LogP) is 3.43. The third-order valence-corrected chi connectivity index (χ3v) is 3.72. The minimum Gasteiger partial charge on any atom is -0.340 e. The van der Waals surface area contributed by atoms with Crippen molar-refractivity contribution in [3.63, 3.8) is 0 Å². The Labute approximate surface area is 100 Å². The van der Waals surface area contributed by atoms with Crippen molar-refractivity contribution < 1.29 is 31.1 Å². The fourth-order valence-electron chi connectivity index (χ4n) is 3.07. The summed E-state index contributed by atoms with van der Waals surface area (Å²) in [6.07, 6.45) is 10.3. The quantitative estimate of drug-likeness (QED) is 0.557. The Hall–Kier alpha value is 1.05. The first-order chi connectivity index (χ1) is 5.38. The maximum Gasteiger partial charge on any atom is 0 e. The first-order valence-electron chi connectivity index (χ1n) is 5.21. The largest absolute Gasteiger partial charge is 0.340 e. The van der Waals surface area contributed by atoms with Crippen molar-refractivity contribution in [3.8, 4) is 0 Å². The van der Waals surface area contributed by atoms with Gasteiger partial charge in [-0.2, -0.15) is 5.92 Å². The molecule has 2 fully saturated rings. The van der Waals surface area contributed by atoms with Crippen LogP contribution in [0.4, 0.5) is 0 Å². The summed E-state index contributed by atoms with van der Waals surface area (Å²) in [5, 5.41) is 0. The summed E-state index contributed by atoms with van der Waals surface area (Å²) >= 11 is 0. The van der Waals surface area contributed by atoms with Crippen molar-refractivity contribution in [1.29, 1.82) is 0 Å². The van der Waals surface area contributed by atoms with E-state index in [0.29, 0.717) is 0 Å². The summed E-state index contributed by atoms with van der Waals surface area (Å²) in [4.78, 5) is 0. The van der Waals surface area contributed by atoms with Crippen molar-refractivity contribution in [1.82, 2.24) is 0 Å². The molecule has 2 aliphatic rings. The van der Waals surface area contributed by atoms with E-state index in [1.807, 2.05) is 0 Å². The average molecular weight is 389 g/mol. The van der Waals surface area contributed by atoms with Crippen LogP contribution in [0.1, 0.15) is 44.9 Å². The van der Waals surface area contributed by atoms with Crippen LogP contribution in [-0.2, 0) is 0 Å². The third kappa shape index (κ3) is 2.30. The molecule has 0 heterocycles. The zero-order valence-electron chi connectivity index (χ0n) is 7.89. The minimum atomic E-state index is 0. The van der Waals surface area contributed by atoms with Crippen LogP contribution in [0.15, 0.2) is 0 Å². The Balaban J connectivity index is 0.000000720. The van der Waals surface area contributed by atoms with E-state index in [0.717, 1.165) is 17.8 Å². The predicted molar refractivity (Wildman–Crippen MR) is 48.1 cm³/mol. The second kappa shape index (κ2) is 5.06. The summed E-state index contributed by atoms with van der Waals surface area (Å²) in [5.74, 6) is 2.88. The number of hydrogen-bond acceptors (Lipinski definition) is 0. The normalized spacial score (nSPS) is 41.2. The van der Waals surface area contributed by atoms with E-state index in [-0.39, 0.29) is 31.1 Å². The molecule has 0 aromatic heterocycles. The summed E-state index contributed by atoms with van der Waals surface area (Å²) < 4.78 is 0. The SMILES string of the molecule is [CH2-]C1CCCC2CCCCC12.[U]. The van der Waals surface area contributed by atoms with E-state index < -0.39 is 0 Å². The van der Waals surface area contributed by atoms with Crippen LogP contribution in [0.2, 0.25) is 0 Å². The van der Waals surface area contributed by atoms with Crippen molar-refractivity contribution in [2.75, 3.05) is 0 Å². The number of fused-ring (bicyclic) bond motifs is 1. The molecule has 0 bridgehead atoms. The Morgan fingerprint density at radius 2 is 1.50 bits per heavy atom. The first kappa shape index (κ1) is 11.1. The standard InChI is InChI=1S/C11H19.U/c1-9-5-4-7-10-6-2-3-8-11(9)10;/h9-11H,1-8H2;/q-1;. The molecule has 1 heteroatoms. The summed E-state index contributed by atoms with van der Waals surface area (Å²) in [6, 6.07) is 0. The molecule has 68 valence electrons. The van der Waals surface area contributed by atoms with Crippen molar-refractivity contribution in [2.24, 2.45) is 17.8 Å². The summed E-state index contributed by atoms with van der Waals surface area (Å²) in [6.45, 7) is 4.28. The molecular weight excluding hydrogens is 370 g/mol. The molecule has 12 heavy (non-hydrogen) atoms. The molecule has 0 nitrogen and oxygen atoms in total. The van der Waals surface area contributed by atoms with Crippen LogP contribution in [0.5, 0.6) is 0 Å². The van der Waals surface area contributed by atoms with Gasteiger partial charge in [-0.3, -0.25) is 0 Å². The molecule has 0 radical (unpaired) electrons. The maximum absolute atomic E-state index is 4.28. The molecule has 3 unspecified atom stereocenters. The van der Waals surface area contributed by atoms with Crippen LogP contribution in [0, 0.1) is 55.8 Å². The zero-order valence-corrected chi connectivity index (χ0v) is 12.1. The molecule has 0 N–H and O–H groups in total. The van der Waals surface area contributed by atoms with Crippen molar-refractivity contribution >= 4 is 0 Å². The van der Waals surface area contributed by atoms with Gasteiger partial charge in [0, 0.05) is 31.1 Å². The van der Waals surface area contributed by atoms with E-state index in [1.165, 1.54) is 44.9 Å². The second-order valence-corrected chi connectivity index (χ2v) is 4.40. The van der Waals surface area contributed by atoms with Gasteiger partial charge in [-0.15, -0.1) is 0 Å². The smallest absolute Gasteiger partial charge is 0 e. The molecule has 0 spiro atoms. The van der Waals surface area contributed by atoms with Gasteiger partial charge in [0.15, 0.2) is 0 Å². The molecule has 0 aromatic carbocycles. The Morgan fingerprint density at radius 3 is 2.25 bits per heavy atom. The zero-order chi connectivity index (χ0) is 7.68.